The summed E-state index contributed by atoms with van der Waals surface area (Å²) in [7, 11) is 0. The number of benzene rings is 2. The van der Waals surface area contributed by atoms with Crippen LogP contribution in [0.4, 0.5) is 4.39 Å². The Morgan fingerprint density at radius 2 is 1.80 bits per heavy atom. The van der Waals surface area contributed by atoms with Crippen LogP contribution in [0.25, 0.3) is 0 Å². The number of ether oxygens (including phenoxy) is 1. The number of carbonyl (C=O) groups is 1. The number of hydrogen-bond acceptors (Lipinski definition) is 2. The number of rotatable bonds is 4. The van der Waals surface area contributed by atoms with Crippen LogP contribution in [-0.2, 0) is 6.61 Å². The number of halogens is 3. The monoisotopic (exact) mass is 402 g/mol. The minimum absolute atomic E-state index is 0.00444. The Hall–Kier alpha value is -1.40. The van der Waals surface area contributed by atoms with Gasteiger partial charge in [-0.15, -0.1) is 0 Å². The molecular weight excluding hydrogens is 395 g/mol. The highest BCUT2D eigenvalue weighted by molar-refractivity contribution is 9.10. The van der Waals surface area contributed by atoms with Crippen LogP contribution in [0.2, 0.25) is 0 Å². The first kappa shape index (κ1) is 15.0. The Morgan fingerprint density at radius 3 is 2.40 bits per heavy atom. The molecule has 0 spiro atoms. The van der Waals surface area contributed by atoms with E-state index in [9.17, 15) is 9.18 Å². The van der Waals surface area contributed by atoms with Crippen LogP contribution >= 0.6 is 31.9 Å². The van der Waals surface area contributed by atoms with Gasteiger partial charge in [0, 0.05) is 4.47 Å². The molecule has 2 rings (SSSR count). The molecule has 1 N–H and O–H groups in total. The fourth-order valence-electron chi connectivity index (χ4n) is 1.55. The molecule has 2 aromatic rings. The van der Waals surface area contributed by atoms with Gasteiger partial charge in [-0.2, -0.15) is 0 Å². The van der Waals surface area contributed by atoms with Crippen molar-refractivity contribution in [3.05, 3.63) is 62.3 Å². The highest BCUT2D eigenvalue weighted by Gasteiger charge is 2.16. The van der Waals surface area contributed by atoms with Crippen LogP contribution in [-0.4, -0.2) is 11.1 Å². The summed E-state index contributed by atoms with van der Waals surface area (Å²) in [5.41, 5.74) is 0.740. The molecule has 0 atom stereocenters. The van der Waals surface area contributed by atoms with Gasteiger partial charge in [0.25, 0.3) is 0 Å². The third-order valence-corrected chi connectivity index (χ3v) is 3.89. The van der Waals surface area contributed by atoms with E-state index < -0.39 is 11.8 Å². The van der Waals surface area contributed by atoms with Gasteiger partial charge >= 0.3 is 5.97 Å². The van der Waals surface area contributed by atoms with Gasteiger partial charge in [0.2, 0.25) is 0 Å². The van der Waals surface area contributed by atoms with E-state index in [0.717, 1.165) is 10.0 Å². The van der Waals surface area contributed by atoms with E-state index in [-0.39, 0.29) is 22.4 Å². The first-order chi connectivity index (χ1) is 9.49. The van der Waals surface area contributed by atoms with Crippen molar-refractivity contribution in [3.8, 4) is 5.75 Å². The third-order valence-electron chi connectivity index (χ3n) is 2.58. The molecule has 2 aromatic carbocycles. The lowest BCUT2D eigenvalue weighted by atomic mass is 10.2. The second kappa shape index (κ2) is 6.37. The molecule has 0 heterocycles. The average molecular weight is 404 g/mol. The highest BCUT2D eigenvalue weighted by atomic mass is 79.9. The summed E-state index contributed by atoms with van der Waals surface area (Å²) in [5, 5.41) is 8.87. The van der Waals surface area contributed by atoms with Gasteiger partial charge in [0.1, 0.15) is 6.61 Å². The van der Waals surface area contributed by atoms with Crippen LogP contribution in [0.5, 0.6) is 5.75 Å². The predicted octanol–water partition coefficient (Wildman–Crippen LogP) is 4.63. The maximum absolute atomic E-state index is 13.9. The molecule has 0 saturated heterocycles. The smallest absolute Gasteiger partial charge is 0.336 e. The first-order valence-electron chi connectivity index (χ1n) is 5.57. The Bertz CT molecular complexity index is 642. The molecule has 0 aliphatic carbocycles. The molecule has 0 saturated carbocycles. The zero-order chi connectivity index (χ0) is 14.7. The zero-order valence-electron chi connectivity index (χ0n) is 10.1. The summed E-state index contributed by atoms with van der Waals surface area (Å²) in [4.78, 5) is 10.9. The molecule has 104 valence electrons. The van der Waals surface area contributed by atoms with Crippen LogP contribution in [0.1, 0.15) is 15.9 Å². The predicted molar refractivity (Wildman–Crippen MR) is 79.5 cm³/mol. The lowest BCUT2D eigenvalue weighted by Crippen LogP contribution is -2.03. The van der Waals surface area contributed by atoms with E-state index in [2.05, 4.69) is 31.9 Å². The summed E-state index contributed by atoms with van der Waals surface area (Å²) in [5.74, 6) is -1.91. The lowest BCUT2D eigenvalue weighted by Gasteiger charge is -2.09. The van der Waals surface area contributed by atoms with Crippen molar-refractivity contribution in [2.45, 2.75) is 6.61 Å². The molecule has 0 unspecified atom stereocenters. The number of carboxylic acid groups (broad SMARTS) is 1. The number of carboxylic acids is 1. The van der Waals surface area contributed by atoms with E-state index in [4.69, 9.17) is 9.84 Å². The van der Waals surface area contributed by atoms with Gasteiger partial charge in [0.15, 0.2) is 11.6 Å². The van der Waals surface area contributed by atoms with Crippen LogP contribution in [0, 0.1) is 5.82 Å². The van der Waals surface area contributed by atoms with Gasteiger partial charge in [-0.25, -0.2) is 9.18 Å². The lowest BCUT2D eigenvalue weighted by molar-refractivity contribution is 0.0695. The fourth-order valence-corrected chi connectivity index (χ4v) is 2.31. The Balaban J connectivity index is 2.16. The molecule has 0 bridgehead atoms. The summed E-state index contributed by atoms with van der Waals surface area (Å²) in [6.07, 6.45) is 0. The number of aromatic carboxylic acids is 1. The van der Waals surface area contributed by atoms with Gasteiger partial charge in [-0.3, -0.25) is 0 Å². The SMILES string of the molecule is O=C(O)c1ccc(OCc2ccc(Br)cc2)c(F)c1Br. The minimum Gasteiger partial charge on any atom is -0.486 e. The molecule has 0 fully saturated rings. The van der Waals surface area contributed by atoms with Crippen LogP contribution < -0.4 is 4.74 Å². The molecule has 0 aliphatic heterocycles. The minimum atomic E-state index is -1.20. The fraction of sp³-hybridized carbons (Fsp3) is 0.0714. The highest BCUT2D eigenvalue weighted by Crippen LogP contribution is 2.29. The van der Waals surface area contributed by atoms with E-state index in [0.29, 0.717) is 0 Å². The summed E-state index contributed by atoms with van der Waals surface area (Å²) < 4.78 is 20.1. The Kier molecular flexibility index (Phi) is 4.77. The van der Waals surface area contributed by atoms with Crippen molar-refractivity contribution >= 4 is 37.8 Å². The van der Waals surface area contributed by atoms with Crippen molar-refractivity contribution < 1.29 is 19.0 Å². The van der Waals surface area contributed by atoms with Crippen molar-refractivity contribution in [1.82, 2.24) is 0 Å². The van der Waals surface area contributed by atoms with Crippen molar-refractivity contribution in [2.24, 2.45) is 0 Å². The second-order valence-electron chi connectivity index (χ2n) is 3.96. The second-order valence-corrected chi connectivity index (χ2v) is 5.67. The van der Waals surface area contributed by atoms with Gasteiger partial charge < -0.3 is 9.84 Å². The van der Waals surface area contributed by atoms with Gasteiger partial charge in [0.05, 0.1) is 10.0 Å². The molecule has 0 aliphatic rings. The maximum atomic E-state index is 13.9. The zero-order valence-corrected chi connectivity index (χ0v) is 13.2. The molecule has 0 radical (unpaired) electrons. The maximum Gasteiger partial charge on any atom is 0.336 e. The third kappa shape index (κ3) is 3.37. The first-order valence-corrected chi connectivity index (χ1v) is 7.16. The standard InChI is InChI=1S/C14H9Br2FO3/c15-9-3-1-8(2-4-9)7-20-11-6-5-10(14(18)19)12(16)13(11)17/h1-6H,7H2,(H,18,19). The van der Waals surface area contributed by atoms with Gasteiger partial charge in [-0.05, 0) is 45.8 Å². The van der Waals surface area contributed by atoms with Crippen molar-refractivity contribution in [1.29, 1.82) is 0 Å². The topological polar surface area (TPSA) is 46.5 Å². The quantitative estimate of drug-likeness (QED) is 0.809. The van der Waals surface area contributed by atoms with E-state index in [1.807, 2.05) is 24.3 Å². The average Bonchev–Trinajstić information content (AvgIpc) is 2.42. The summed E-state index contributed by atoms with van der Waals surface area (Å²) >= 11 is 6.25. The van der Waals surface area contributed by atoms with Crippen LogP contribution in [0.3, 0.4) is 0 Å². The van der Waals surface area contributed by atoms with E-state index in [1.54, 1.807) is 0 Å². The molecule has 0 amide bonds. The Morgan fingerprint density at radius 1 is 1.15 bits per heavy atom. The van der Waals surface area contributed by atoms with Crippen molar-refractivity contribution in [2.75, 3.05) is 0 Å². The molecule has 20 heavy (non-hydrogen) atoms. The van der Waals surface area contributed by atoms with E-state index in [1.165, 1.54) is 12.1 Å². The summed E-state index contributed by atoms with van der Waals surface area (Å²) in [6.45, 7) is 0.197. The van der Waals surface area contributed by atoms with E-state index >= 15 is 0 Å². The van der Waals surface area contributed by atoms with Crippen molar-refractivity contribution in [3.63, 3.8) is 0 Å². The molecule has 0 aromatic heterocycles. The summed E-state index contributed by atoms with van der Waals surface area (Å²) in [6, 6.07) is 10.0. The largest absolute Gasteiger partial charge is 0.486 e. The Labute approximate surface area is 131 Å². The number of hydrogen-bond donors (Lipinski definition) is 1. The molecular formula is C14H9Br2FO3. The normalized spacial score (nSPS) is 10.3. The molecule has 3 nitrogen and oxygen atoms in total. The van der Waals surface area contributed by atoms with Gasteiger partial charge in [-0.1, -0.05) is 28.1 Å². The molecule has 6 heteroatoms. The van der Waals surface area contributed by atoms with Crippen LogP contribution in [0.15, 0.2) is 45.3 Å².